The average molecular weight is 277 g/mol. The highest BCUT2D eigenvalue weighted by molar-refractivity contribution is 6.73. The molecule has 1 aromatic carbocycles. The van der Waals surface area contributed by atoms with Crippen LogP contribution in [0.25, 0.3) is 0 Å². The zero-order valence-corrected chi connectivity index (χ0v) is 8.62. The Kier molecular flexibility index (Phi) is 3.64. The second-order valence-electron chi connectivity index (χ2n) is 3.69. The fourth-order valence-electron chi connectivity index (χ4n) is 1.30. The van der Waals surface area contributed by atoms with E-state index in [9.17, 15) is 34.9 Å². The van der Waals surface area contributed by atoms with E-state index in [0.29, 0.717) is 24.3 Å². The molecule has 9 heteroatoms. The molecule has 0 aromatic heterocycles. The average Bonchev–Trinajstić information content (AvgIpc) is 2.13. The molecule has 0 nitrogen and oxygen atoms in total. The van der Waals surface area contributed by atoms with Crippen molar-refractivity contribution >= 4 is 12.4 Å². The maximum absolute atomic E-state index is 13.1. The lowest BCUT2D eigenvalue weighted by atomic mass is 9.79. The van der Waals surface area contributed by atoms with Crippen LogP contribution in [-0.4, -0.2) is 13.2 Å². The molecular formula is C9H6BF8-. The molecule has 0 amide bonds. The molecule has 18 heavy (non-hydrogen) atoms. The molecule has 0 atom stereocenters. The third-order valence-corrected chi connectivity index (χ3v) is 2.13. The molecule has 102 valence electrons. The highest BCUT2D eigenvalue weighted by Crippen LogP contribution is 2.38. The van der Waals surface area contributed by atoms with Crippen LogP contribution in [0.3, 0.4) is 0 Å². The highest BCUT2D eigenvalue weighted by atomic mass is 19.4. The van der Waals surface area contributed by atoms with E-state index < -0.39 is 36.5 Å². The summed E-state index contributed by atoms with van der Waals surface area (Å²) in [6, 6.07) is 1.41. The van der Waals surface area contributed by atoms with E-state index in [-0.39, 0.29) is 0 Å². The molecular weight excluding hydrogens is 271 g/mol. The maximum Gasteiger partial charge on any atom is 0.509 e. The van der Waals surface area contributed by atoms with Crippen LogP contribution in [0.5, 0.6) is 0 Å². The quantitative estimate of drug-likeness (QED) is 0.582. The minimum Gasteiger partial charge on any atom is -0.445 e. The molecule has 1 aromatic rings. The Balaban J connectivity index is 2.98. The van der Waals surface area contributed by atoms with Gasteiger partial charge in [-0.2, -0.15) is 13.2 Å². The molecule has 0 unspecified atom stereocenters. The van der Waals surface area contributed by atoms with E-state index in [1.807, 2.05) is 0 Å². The topological polar surface area (TPSA) is 0 Å². The summed E-state index contributed by atoms with van der Waals surface area (Å²) < 4.78 is 98.3. The van der Waals surface area contributed by atoms with Crippen molar-refractivity contribution in [2.75, 3.05) is 0 Å². The molecule has 0 aliphatic rings. The molecule has 0 heterocycles. The summed E-state index contributed by atoms with van der Waals surface area (Å²) in [4.78, 5) is 0. The molecule has 1 rings (SSSR count). The summed E-state index contributed by atoms with van der Waals surface area (Å²) in [6.45, 7) is -5.36. The molecule has 0 aliphatic carbocycles. The van der Waals surface area contributed by atoms with Crippen molar-refractivity contribution in [3.05, 3.63) is 29.8 Å². The predicted molar refractivity (Wildman–Crippen MR) is 49.7 cm³/mol. The number of halogens is 8. The van der Waals surface area contributed by atoms with E-state index in [0.717, 1.165) is 0 Å². The van der Waals surface area contributed by atoms with Gasteiger partial charge in [0.25, 0.3) is 5.92 Å². The van der Waals surface area contributed by atoms with Crippen molar-refractivity contribution in [1.29, 1.82) is 0 Å². The van der Waals surface area contributed by atoms with Crippen molar-refractivity contribution in [2.45, 2.75) is 18.5 Å². The Morgan fingerprint density at radius 3 is 1.61 bits per heavy atom. The second kappa shape index (κ2) is 4.44. The van der Waals surface area contributed by atoms with Crippen molar-refractivity contribution in [3.63, 3.8) is 0 Å². The first-order valence-corrected chi connectivity index (χ1v) is 4.67. The van der Waals surface area contributed by atoms with E-state index in [1.165, 1.54) is 0 Å². The van der Waals surface area contributed by atoms with Crippen LogP contribution in [0.1, 0.15) is 12.0 Å². The summed E-state index contributed by atoms with van der Waals surface area (Å²) in [5.41, 5.74) is -2.23. The van der Waals surface area contributed by atoms with E-state index in [1.54, 1.807) is 0 Å². The van der Waals surface area contributed by atoms with Gasteiger partial charge in [-0.1, -0.05) is 24.3 Å². The summed E-state index contributed by atoms with van der Waals surface area (Å²) in [5, 5.41) is 0. The zero-order chi connectivity index (χ0) is 14.2. The fraction of sp³-hybridized carbons (Fsp3) is 0.333. The van der Waals surface area contributed by atoms with E-state index in [2.05, 4.69) is 0 Å². The van der Waals surface area contributed by atoms with Crippen molar-refractivity contribution in [2.24, 2.45) is 0 Å². The molecule has 0 saturated heterocycles. The largest absolute Gasteiger partial charge is 0.509 e. The van der Waals surface area contributed by atoms with Gasteiger partial charge in [0.15, 0.2) is 0 Å². The first-order valence-electron chi connectivity index (χ1n) is 4.67. The molecule has 0 fully saturated rings. The summed E-state index contributed by atoms with van der Waals surface area (Å²) >= 11 is 0. The van der Waals surface area contributed by atoms with Crippen molar-refractivity contribution in [1.82, 2.24) is 0 Å². The monoisotopic (exact) mass is 277 g/mol. The third-order valence-electron chi connectivity index (χ3n) is 2.13. The number of benzene rings is 1. The minimum atomic E-state index is -5.36. The predicted octanol–water partition coefficient (Wildman–Crippen LogP) is 3.79. The van der Waals surface area contributed by atoms with Gasteiger partial charge < -0.3 is 12.9 Å². The van der Waals surface area contributed by atoms with Gasteiger partial charge in [0.2, 0.25) is 0 Å². The smallest absolute Gasteiger partial charge is 0.445 e. The molecule has 0 saturated carbocycles. The molecule has 0 spiro atoms. The van der Waals surface area contributed by atoms with Gasteiger partial charge in [0.1, 0.15) is 6.42 Å². The lowest BCUT2D eigenvalue weighted by molar-refractivity contribution is -0.190. The van der Waals surface area contributed by atoms with Crippen LogP contribution in [0.4, 0.5) is 34.9 Å². The van der Waals surface area contributed by atoms with Crippen LogP contribution < -0.4 is 5.46 Å². The van der Waals surface area contributed by atoms with Crippen LogP contribution in [-0.2, 0) is 5.92 Å². The SMILES string of the molecule is F[B-](F)(F)c1ccc(C(F)(F)CC(F)(F)F)cc1. The lowest BCUT2D eigenvalue weighted by Crippen LogP contribution is -2.34. The summed E-state index contributed by atoms with van der Waals surface area (Å²) in [6.07, 6.45) is -7.51. The molecule has 0 aliphatic heterocycles. The van der Waals surface area contributed by atoms with Gasteiger partial charge in [0.05, 0.1) is 0 Å². The van der Waals surface area contributed by atoms with Gasteiger partial charge in [-0.3, -0.25) is 0 Å². The number of rotatable bonds is 3. The molecule has 0 radical (unpaired) electrons. The van der Waals surface area contributed by atoms with E-state index >= 15 is 0 Å². The summed E-state index contributed by atoms with van der Waals surface area (Å²) in [7, 11) is 0. The van der Waals surface area contributed by atoms with Crippen LogP contribution >= 0.6 is 0 Å². The van der Waals surface area contributed by atoms with Gasteiger partial charge in [-0.25, -0.2) is 8.78 Å². The Morgan fingerprint density at radius 1 is 0.833 bits per heavy atom. The lowest BCUT2D eigenvalue weighted by Gasteiger charge is -2.20. The Morgan fingerprint density at radius 2 is 1.28 bits per heavy atom. The number of alkyl halides is 5. The van der Waals surface area contributed by atoms with Crippen molar-refractivity contribution in [3.8, 4) is 0 Å². The third kappa shape index (κ3) is 3.88. The molecule has 0 bridgehead atoms. The Bertz CT molecular complexity index is 402. The standard InChI is InChI=1S/C9H6BF8/c11-8(12,5-9(13,14)15)6-1-3-7(4-2-6)10(16,17)18/h1-4H,5H2/q-1. The summed E-state index contributed by atoms with van der Waals surface area (Å²) in [5.74, 6) is -4.24. The van der Waals surface area contributed by atoms with E-state index in [4.69, 9.17) is 0 Å². The Labute approximate surface area is 96.7 Å². The second-order valence-corrected chi connectivity index (χ2v) is 3.69. The van der Waals surface area contributed by atoms with Gasteiger partial charge in [-0.15, -0.1) is 5.46 Å². The number of hydrogen-bond acceptors (Lipinski definition) is 0. The maximum atomic E-state index is 13.1. The van der Waals surface area contributed by atoms with Gasteiger partial charge in [0, 0.05) is 5.56 Å². The normalized spacial score (nSPS) is 13.8. The first-order chi connectivity index (χ1) is 7.92. The van der Waals surface area contributed by atoms with Crippen LogP contribution in [0, 0.1) is 0 Å². The van der Waals surface area contributed by atoms with Gasteiger partial charge >= 0.3 is 13.2 Å². The van der Waals surface area contributed by atoms with Crippen LogP contribution in [0.15, 0.2) is 24.3 Å². The van der Waals surface area contributed by atoms with Crippen molar-refractivity contribution < 1.29 is 34.9 Å². The highest BCUT2D eigenvalue weighted by Gasteiger charge is 2.44. The minimum absolute atomic E-state index is 0.347. The zero-order valence-electron chi connectivity index (χ0n) is 8.62. The number of hydrogen-bond donors (Lipinski definition) is 0. The Hall–Kier alpha value is -1.28. The molecule has 0 N–H and O–H groups in total. The van der Waals surface area contributed by atoms with Gasteiger partial charge in [-0.05, 0) is 0 Å². The van der Waals surface area contributed by atoms with Crippen LogP contribution in [0.2, 0.25) is 0 Å². The fourth-order valence-corrected chi connectivity index (χ4v) is 1.30. The first kappa shape index (κ1) is 14.8.